The molecule has 7 N–H and O–H groups in total. The number of rotatable bonds is 6. The Bertz CT molecular complexity index is 1550. The van der Waals surface area contributed by atoms with Crippen molar-refractivity contribution < 1.29 is 16.8 Å². The summed E-state index contributed by atoms with van der Waals surface area (Å²) in [5, 5.41) is 16.3. The van der Waals surface area contributed by atoms with Crippen molar-refractivity contribution in [1.82, 2.24) is 20.0 Å². The molecule has 172 valence electrons. The number of primary sulfonamides is 1. The summed E-state index contributed by atoms with van der Waals surface area (Å²) in [6.07, 6.45) is 0. The molecular weight excluding hydrogens is 470 g/mol. The first-order valence-electron chi connectivity index (χ1n) is 9.75. The highest BCUT2D eigenvalue weighted by atomic mass is 32.2. The Labute approximate surface area is 188 Å². The summed E-state index contributed by atoms with van der Waals surface area (Å²) in [4.78, 5) is 10.2. The quantitative estimate of drug-likeness (QED) is 0.316. The number of para-hydroxylation sites is 1. The van der Waals surface area contributed by atoms with Crippen molar-refractivity contribution >= 4 is 42.9 Å². The molecule has 2 aliphatic rings. The number of H-pyrrole nitrogens is 1. The van der Waals surface area contributed by atoms with Gasteiger partial charge in [0.25, 0.3) is 0 Å². The number of aromatic amines is 1. The van der Waals surface area contributed by atoms with E-state index in [1.165, 1.54) is 12.1 Å². The molecule has 2 aliphatic heterocycles. The van der Waals surface area contributed by atoms with Crippen LogP contribution in [0.2, 0.25) is 0 Å². The third-order valence-electron chi connectivity index (χ3n) is 5.29. The molecule has 0 saturated carbocycles. The van der Waals surface area contributed by atoms with E-state index in [0.717, 1.165) is 0 Å². The van der Waals surface area contributed by atoms with E-state index in [4.69, 9.17) is 10.9 Å². The molecule has 0 spiro atoms. The molecule has 1 saturated heterocycles. The molecular formula is C18H19N9O4S2. The van der Waals surface area contributed by atoms with Gasteiger partial charge in [-0.1, -0.05) is 18.2 Å². The fourth-order valence-electron chi connectivity index (χ4n) is 3.79. The molecule has 15 heteroatoms. The molecule has 3 heterocycles. The molecule has 0 atom stereocenters. The van der Waals surface area contributed by atoms with E-state index in [9.17, 15) is 16.8 Å². The number of imidazole rings is 1. The van der Waals surface area contributed by atoms with Crippen molar-refractivity contribution in [3.63, 3.8) is 0 Å². The second-order valence-corrected chi connectivity index (χ2v) is 10.7. The largest absolute Gasteiger partial charge is 0.369 e. The molecule has 1 fully saturated rings. The lowest BCUT2D eigenvalue weighted by Gasteiger charge is -2.28. The van der Waals surface area contributed by atoms with Crippen LogP contribution in [0.3, 0.4) is 0 Å². The lowest BCUT2D eigenvalue weighted by atomic mass is 9.97. The van der Waals surface area contributed by atoms with Gasteiger partial charge in [0.05, 0.1) is 16.6 Å². The number of anilines is 1. The summed E-state index contributed by atoms with van der Waals surface area (Å²) >= 11 is 0. The van der Waals surface area contributed by atoms with Gasteiger partial charge < -0.3 is 16.0 Å². The molecule has 13 nitrogen and oxygen atoms in total. The van der Waals surface area contributed by atoms with Crippen molar-refractivity contribution in [1.29, 1.82) is 0 Å². The number of aliphatic imine (C=N–C) groups is 1. The van der Waals surface area contributed by atoms with Gasteiger partial charge in [-0.05, 0) is 17.7 Å². The standard InChI is InChI=1S/C18H19N9O4S2/c19-18-24-12-3-1-2-11(15(12)25-18)10-4-5-13(33(30,31)27-9-6-21-7-9)16(32(20,28)29)14(10)17-22-8-23-26-17/h1-5,9,21,27H,6-8H2,(H3,19,24,25)(H2,20,28,29). The van der Waals surface area contributed by atoms with Crippen LogP contribution >= 0.6 is 0 Å². The summed E-state index contributed by atoms with van der Waals surface area (Å²) in [6.45, 7) is 0.831. The average molecular weight is 490 g/mol. The molecule has 0 unspecified atom stereocenters. The van der Waals surface area contributed by atoms with Crippen molar-refractivity contribution in [2.45, 2.75) is 15.8 Å². The van der Waals surface area contributed by atoms with Crippen LogP contribution in [0, 0.1) is 0 Å². The van der Waals surface area contributed by atoms with E-state index in [1.54, 1.807) is 18.2 Å². The second-order valence-electron chi connectivity index (χ2n) is 7.53. The van der Waals surface area contributed by atoms with Gasteiger partial charge in [0.1, 0.15) is 9.79 Å². The summed E-state index contributed by atoms with van der Waals surface area (Å²) in [7, 11) is -8.80. The Morgan fingerprint density at radius 2 is 1.85 bits per heavy atom. The van der Waals surface area contributed by atoms with Gasteiger partial charge in [-0.2, -0.15) is 5.11 Å². The first-order chi connectivity index (χ1) is 15.6. The van der Waals surface area contributed by atoms with Crippen molar-refractivity contribution in [2.24, 2.45) is 20.4 Å². The molecule has 1 aromatic heterocycles. The minimum Gasteiger partial charge on any atom is -0.369 e. The molecule has 0 aliphatic carbocycles. The number of hydrogen-bond acceptors (Lipinski definition) is 10. The smallest absolute Gasteiger partial charge is 0.242 e. The zero-order chi connectivity index (χ0) is 23.4. The number of nitrogens with one attached hydrogen (secondary N) is 3. The molecule has 0 bridgehead atoms. The summed E-state index contributed by atoms with van der Waals surface area (Å²) in [6, 6.07) is 7.50. The Morgan fingerprint density at radius 3 is 2.48 bits per heavy atom. The van der Waals surface area contributed by atoms with Gasteiger partial charge in [0.15, 0.2) is 18.5 Å². The maximum absolute atomic E-state index is 13.1. The van der Waals surface area contributed by atoms with Crippen molar-refractivity contribution in [3.05, 3.63) is 35.9 Å². The van der Waals surface area contributed by atoms with E-state index in [2.05, 4.69) is 35.2 Å². The van der Waals surface area contributed by atoms with E-state index >= 15 is 0 Å². The molecule has 0 radical (unpaired) electrons. The number of aromatic nitrogens is 2. The molecule has 2 aromatic carbocycles. The number of benzene rings is 2. The summed E-state index contributed by atoms with van der Waals surface area (Å²) in [5.74, 6) is 0.123. The topological polar surface area (TPSA) is 210 Å². The zero-order valence-corrected chi connectivity index (χ0v) is 18.6. The minimum absolute atomic E-state index is 0.0264. The molecule has 0 amide bonds. The van der Waals surface area contributed by atoms with E-state index in [0.29, 0.717) is 35.2 Å². The Hall–Kier alpha value is -3.24. The maximum Gasteiger partial charge on any atom is 0.242 e. The van der Waals surface area contributed by atoms with E-state index in [1.807, 2.05) is 0 Å². The Morgan fingerprint density at radius 1 is 1.06 bits per heavy atom. The highest BCUT2D eigenvalue weighted by Crippen LogP contribution is 2.37. The number of fused-ring (bicyclic) bond motifs is 1. The van der Waals surface area contributed by atoms with Crippen LogP contribution < -0.4 is 20.9 Å². The number of nitrogens with two attached hydrogens (primary N) is 2. The number of sulfonamides is 2. The molecule has 5 rings (SSSR count). The number of nitrogens with zero attached hydrogens (tertiary/aromatic N) is 4. The van der Waals surface area contributed by atoms with E-state index in [-0.39, 0.29) is 30.1 Å². The van der Waals surface area contributed by atoms with Crippen LogP contribution in [0.15, 0.2) is 55.3 Å². The summed E-state index contributed by atoms with van der Waals surface area (Å²) < 4.78 is 54.4. The van der Waals surface area contributed by atoms with E-state index < -0.39 is 29.8 Å². The number of amidine groups is 1. The van der Waals surface area contributed by atoms with Crippen LogP contribution in [0.4, 0.5) is 5.95 Å². The average Bonchev–Trinajstić information content (AvgIpc) is 3.37. The Balaban J connectivity index is 1.84. The van der Waals surface area contributed by atoms with Gasteiger partial charge in [-0.15, -0.1) is 5.11 Å². The third kappa shape index (κ3) is 3.79. The zero-order valence-electron chi connectivity index (χ0n) is 17.0. The third-order valence-corrected chi connectivity index (χ3v) is 7.98. The van der Waals surface area contributed by atoms with Gasteiger partial charge in [-0.25, -0.2) is 36.7 Å². The first kappa shape index (κ1) is 21.6. The van der Waals surface area contributed by atoms with Crippen LogP contribution in [-0.4, -0.2) is 58.4 Å². The lowest BCUT2D eigenvalue weighted by molar-refractivity contribution is 0.410. The summed E-state index contributed by atoms with van der Waals surface area (Å²) in [5.41, 5.74) is 7.62. The lowest BCUT2D eigenvalue weighted by Crippen LogP contribution is -2.56. The number of hydrogen-bond donors (Lipinski definition) is 5. The van der Waals surface area contributed by atoms with Crippen LogP contribution in [0.5, 0.6) is 0 Å². The highest BCUT2D eigenvalue weighted by Gasteiger charge is 2.34. The van der Waals surface area contributed by atoms with Gasteiger partial charge in [0, 0.05) is 24.7 Å². The van der Waals surface area contributed by atoms with Gasteiger partial charge in [-0.3, -0.25) is 0 Å². The van der Waals surface area contributed by atoms with Crippen LogP contribution in [-0.2, 0) is 20.0 Å². The first-order valence-corrected chi connectivity index (χ1v) is 12.8. The maximum atomic E-state index is 13.1. The predicted octanol–water partition coefficient (Wildman–Crippen LogP) is -0.120. The van der Waals surface area contributed by atoms with Crippen molar-refractivity contribution in [3.8, 4) is 11.1 Å². The minimum atomic E-state index is -4.56. The fraction of sp³-hybridized carbons (Fsp3) is 0.222. The SMILES string of the molecule is Nc1nc2c(-c3ccc(S(=O)(=O)NC4CNC4)c(S(N)(=O)=O)c3C3=NCN=N3)cccc2[nH]1. The Kier molecular flexibility index (Phi) is 5.02. The molecule has 3 aromatic rings. The number of azo groups is 1. The highest BCUT2D eigenvalue weighted by molar-refractivity contribution is 7.92. The van der Waals surface area contributed by atoms with Gasteiger partial charge >= 0.3 is 0 Å². The predicted molar refractivity (Wildman–Crippen MR) is 121 cm³/mol. The monoisotopic (exact) mass is 489 g/mol. The fourth-order valence-corrected chi connectivity index (χ4v) is 6.62. The normalized spacial score (nSPS) is 16.8. The molecule has 33 heavy (non-hydrogen) atoms. The van der Waals surface area contributed by atoms with Crippen LogP contribution in [0.25, 0.3) is 22.2 Å². The van der Waals surface area contributed by atoms with Crippen LogP contribution in [0.1, 0.15) is 5.56 Å². The number of nitrogen functional groups attached to an aromatic ring is 1. The van der Waals surface area contributed by atoms with Gasteiger partial charge in [0.2, 0.25) is 20.0 Å². The second kappa shape index (κ2) is 7.67. The van der Waals surface area contributed by atoms with Crippen molar-refractivity contribution in [2.75, 3.05) is 25.5 Å².